The first-order chi connectivity index (χ1) is 0. The Morgan fingerprint density at radius 3 is 0.286 bits per heavy atom. The van der Waals surface area contributed by atoms with Gasteiger partial charge in [0.25, 0.3) is 0 Å². The largest absolute Gasteiger partial charge is 0.412 e. The van der Waals surface area contributed by atoms with E-state index in [4.69, 9.17) is 0 Å². The van der Waals surface area contributed by atoms with Crippen LogP contribution >= 0.6 is 50.9 Å². The highest BCUT2D eigenvalue weighted by atomic mass is 79.9. The van der Waals surface area contributed by atoms with Crippen molar-refractivity contribution in [1.82, 2.24) is 0 Å². The van der Waals surface area contributed by atoms with E-state index in [0.717, 1.165) is 0 Å². The smallest absolute Gasteiger partial charge is 0.114 e. The lowest BCUT2D eigenvalue weighted by atomic mass is 16.0. The van der Waals surface area contributed by atoms with Gasteiger partial charge in [0.05, 0.1) is 0 Å². The van der Waals surface area contributed by atoms with E-state index in [9.17, 15) is 0 Å². The van der Waals surface area contributed by atoms with E-state index < -0.39 is 0 Å². The van der Waals surface area contributed by atoms with Crippen LogP contribution in [-0.4, -0.2) is 21.9 Å². The second kappa shape index (κ2) is 175. The van der Waals surface area contributed by atoms with Crippen molar-refractivity contribution in [1.29, 1.82) is 0 Å². The van der Waals surface area contributed by atoms with Gasteiger partial charge in [0.15, 0.2) is 0 Å². The van der Waals surface area contributed by atoms with Crippen LogP contribution in [0.1, 0.15) is 0 Å². The van der Waals surface area contributed by atoms with Gasteiger partial charge < -0.3 is 21.9 Å². The summed E-state index contributed by atoms with van der Waals surface area (Å²) in [7, 11) is 0. The van der Waals surface area contributed by atoms with Crippen molar-refractivity contribution < 1.29 is 21.9 Å². The van der Waals surface area contributed by atoms with Crippen molar-refractivity contribution in [2.75, 3.05) is 0 Å². The normalized spacial score (nSPS) is 0. The first kappa shape index (κ1) is 268. The Bertz CT molecular complexity index is 6.90. The molecule has 0 bridgehead atoms. The zero-order valence-electron chi connectivity index (χ0n) is 3.22. The monoisotopic (exact) mass is 312 g/mol. The predicted octanol–water partition coefficient (Wildman–Crippen LogP) is -1.57. The van der Waals surface area contributed by atoms with E-state index in [-0.39, 0.29) is 72.8 Å². The average Bonchev–Trinajstić information content (AvgIpc) is 0. The summed E-state index contributed by atoms with van der Waals surface area (Å²) in [5, 5.41) is 0. The molecule has 4 nitrogen and oxygen atoms in total. The lowest BCUT2D eigenvalue weighted by Gasteiger charge is -0.413. The second-order valence-corrected chi connectivity index (χ2v) is 0. The van der Waals surface area contributed by atoms with Gasteiger partial charge in [0.2, 0.25) is 0 Å². The van der Waals surface area contributed by atoms with Gasteiger partial charge in [-0.3, -0.25) is 0 Å². The molecular formula is H11Br3O4. The first-order valence-corrected chi connectivity index (χ1v) is 0. The van der Waals surface area contributed by atoms with E-state index in [0.29, 0.717) is 0 Å². The molecule has 0 unspecified atom stereocenters. The van der Waals surface area contributed by atoms with Crippen LogP contribution in [0, 0.1) is 0 Å². The third-order valence-electron chi connectivity index (χ3n) is 0. The molecule has 0 aromatic carbocycles. The van der Waals surface area contributed by atoms with Crippen molar-refractivity contribution >= 4 is 50.9 Å². The third-order valence-corrected chi connectivity index (χ3v) is 0. The lowest BCUT2D eigenvalue weighted by molar-refractivity contribution is 0.823. The standard InChI is InChI=1S/3BrH.4H2O/h3*1H;4*1H2. The van der Waals surface area contributed by atoms with Gasteiger partial charge in [-0.2, -0.15) is 0 Å². The van der Waals surface area contributed by atoms with Gasteiger partial charge in [-0.15, -0.1) is 50.9 Å². The minimum atomic E-state index is 0. The molecule has 0 amide bonds. The van der Waals surface area contributed by atoms with Gasteiger partial charge in [-0.05, 0) is 0 Å². The Balaban J connectivity index is 0. The van der Waals surface area contributed by atoms with Crippen LogP contribution in [0.5, 0.6) is 0 Å². The highest BCUT2D eigenvalue weighted by Crippen LogP contribution is 0.848. The van der Waals surface area contributed by atoms with E-state index in [1.165, 1.54) is 0 Å². The number of halogens is 3. The number of rotatable bonds is 0. The Labute approximate surface area is 72.8 Å². The molecule has 0 saturated heterocycles. The molecule has 0 aliphatic heterocycles. The van der Waals surface area contributed by atoms with Crippen molar-refractivity contribution in [3.8, 4) is 0 Å². The summed E-state index contributed by atoms with van der Waals surface area (Å²) in [5.41, 5.74) is 0. The maximum Gasteiger partial charge on any atom is -0.114 e. The predicted molar refractivity (Wildman–Crippen MR) is 45.4 cm³/mol. The van der Waals surface area contributed by atoms with Crippen LogP contribution < -0.4 is 0 Å². The molecule has 56 valence electrons. The van der Waals surface area contributed by atoms with Crippen LogP contribution in [0.15, 0.2) is 0 Å². The summed E-state index contributed by atoms with van der Waals surface area (Å²) in [5.74, 6) is 0. The second-order valence-electron chi connectivity index (χ2n) is 0. The van der Waals surface area contributed by atoms with E-state index in [1.54, 1.807) is 0 Å². The molecule has 0 aliphatic carbocycles. The summed E-state index contributed by atoms with van der Waals surface area (Å²) in [6, 6.07) is 0. The molecule has 0 saturated carbocycles. The Morgan fingerprint density at radius 2 is 0.286 bits per heavy atom. The summed E-state index contributed by atoms with van der Waals surface area (Å²) in [6.07, 6.45) is 0. The first-order valence-electron chi connectivity index (χ1n) is 0. The SMILES string of the molecule is Br.Br.Br.O.O.O.O. The van der Waals surface area contributed by atoms with Crippen LogP contribution in [0.25, 0.3) is 0 Å². The van der Waals surface area contributed by atoms with Crippen molar-refractivity contribution in [3.63, 3.8) is 0 Å². The molecular weight excluding hydrogens is 304 g/mol. The minimum absolute atomic E-state index is 0. The van der Waals surface area contributed by atoms with Gasteiger partial charge in [0, 0.05) is 0 Å². The average molecular weight is 315 g/mol. The molecule has 7 heavy (non-hydrogen) atoms. The summed E-state index contributed by atoms with van der Waals surface area (Å²) >= 11 is 0. The molecule has 0 heterocycles. The Hall–Kier alpha value is 1.28. The van der Waals surface area contributed by atoms with Gasteiger partial charge in [-0.25, -0.2) is 0 Å². The molecule has 0 radical (unpaired) electrons. The molecule has 8 N–H and O–H groups in total. The zero-order chi connectivity index (χ0) is 0. The lowest BCUT2D eigenvalue weighted by Crippen LogP contribution is -0.290. The fourth-order valence-corrected chi connectivity index (χ4v) is 0. The van der Waals surface area contributed by atoms with Crippen molar-refractivity contribution in [2.24, 2.45) is 0 Å². The number of hydrogen-bond donors (Lipinski definition) is 0. The molecule has 0 rings (SSSR count). The zero-order valence-corrected chi connectivity index (χ0v) is 8.36. The van der Waals surface area contributed by atoms with Crippen molar-refractivity contribution in [3.05, 3.63) is 0 Å². The van der Waals surface area contributed by atoms with Crippen LogP contribution in [0.4, 0.5) is 0 Å². The van der Waals surface area contributed by atoms with Crippen LogP contribution in [-0.2, 0) is 0 Å². The summed E-state index contributed by atoms with van der Waals surface area (Å²) in [4.78, 5) is 0. The van der Waals surface area contributed by atoms with E-state index in [2.05, 4.69) is 0 Å². The topological polar surface area (TPSA) is 126 Å². The molecule has 0 aromatic rings. The summed E-state index contributed by atoms with van der Waals surface area (Å²) in [6.45, 7) is 0. The fourth-order valence-electron chi connectivity index (χ4n) is 0. The number of hydrogen-bond acceptors (Lipinski definition) is 0. The molecule has 0 atom stereocenters. The molecule has 0 fully saturated rings. The molecule has 0 aliphatic rings. The quantitative estimate of drug-likeness (QED) is 0.512. The third kappa shape index (κ3) is 124. The van der Waals surface area contributed by atoms with Crippen LogP contribution in [0.3, 0.4) is 0 Å². The molecule has 0 spiro atoms. The highest BCUT2D eigenvalue weighted by molar-refractivity contribution is 8.93. The fraction of sp³-hybridized carbons (Fsp3) is 0. The van der Waals surface area contributed by atoms with Crippen LogP contribution in [0.2, 0.25) is 0 Å². The van der Waals surface area contributed by atoms with E-state index >= 15 is 0 Å². The summed E-state index contributed by atoms with van der Waals surface area (Å²) < 4.78 is 0. The molecule has 7 heteroatoms. The van der Waals surface area contributed by atoms with Gasteiger partial charge in [0.1, 0.15) is 0 Å². The molecule has 0 aromatic heterocycles. The van der Waals surface area contributed by atoms with Gasteiger partial charge >= 0.3 is 0 Å². The van der Waals surface area contributed by atoms with Gasteiger partial charge in [-0.1, -0.05) is 0 Å². The Kier molecular flexibility index (Phi) is 6710. The van der Waals surface area contributed by atoms with E-state index in [1.807, 2.05) is 0 Å². The maximum atomic E-state index is 0. The Morgan fingerprint density at radius 1 is 0.286 bits per heavy atom. The minimum Gasteiger partial charge on any atom is -0.412 e. The maximum absolute atomic E-state index is 0. The highest BCUT2D eigenvalue weighted by Gasteiger charge is -0.112. The van der Waals surface area contributed by atoms with Crippen molar-refractivity contribution in [2.45, 2.75) is 0 Å².